The van der Waals surface area contributed by atoms with Gasteiger partial charge in [-0.05, 0) is 32.9 Å². The lowest BCUT2D eigenvalue weighted by atomic mass is 10.2. The summed E-state index contributed by atoms with van der Waals surface area (Å²) in [5, 5.41) is 11.5. The van der Waals surface area contributed by atoms with Crippen LogP contribution in [0.4, 0.5) is 10.5 Å². The van der Waals surface area contributed by atoms with Gasteiger partial charge >= 0.3 is 12.1 Å². The fourth-order valence-corrected chi connectivity index (χ4v) is 1.88. The first-order valence-corrected chi connectivity index (χ1v) is 6.08. The molecule has 0 fully saturated rings. The van der Waals surface area contributed by atoms with Crippen molar-refractivity contribution in [2.24, 2.45) is 0 Å². The number of hydrogen-bond acceptors (Lipinski definition) is 3. The Morgan fingerprint density at radius 2 is 1.95 bits per heavy atom. The highest BCUT2D eigenvalue weighted by atomic mass is 35.5. The summed E-state index contributed by atoms with van der Waals surface area (Å²) in [5.74, 6) is -1.27. The molecule has 1 aromatic carbocycles. The van der Waals surface area contributed by atoms with E-state index < -0.39 is 17.7 Å². The number of ether oxygens (including phenoxy) is 1. The van der Waals surface area contributed by atoms with E-state index in [9.17, 15) is 9.59 Å². The van der Waals surface area contributed by atoms with Gasteiger partial charge in [0.2, 0.25) is 0 Å². The summed E-state index contributed by atoms with van der Waals surface area (Å²) in [6.07, 6.45) is -0.784. The van der Waals surface area contributed by atoms with E-state index in [0.717, 1.165) is 0 Å². The van der Waals surface area contributed by atoms with E-state index in [-0.39, 0.29) is 21.3 Å². The summed E-state index contributed by atoms with van der Waals surface area (Å²) in [6, 6.07) is 2.58. The fraction of sp³-hybridized carbons (Fsp3) is 0.333. The number of carboxylic acid groups (broad SMARTS) is 1. The van der Waals surface area contributed by atoms with Crippen molar-refractivity contribution in [2.75, 3.05) is 5.32 Å². The van der Waals surface area contributed by atoms with Crippen LogP contribution >= 0.6 is 23.2 Å². The molecule has 0 spiro atoms. The number of rotatable bonds is 2. The fourth-order valence-electron chi connectivity index (χ4n) is 1.30. The van der Waals surface area contributed by atoms with Crippen molar-refractivity contribution in [3.05, 3.63) is 27.7 Å². The number of carboxylic acids is 1. The van der Waals surface area contributed by atoms with Crippen molar-refractivity contribution in [2.45, 2.75) is 26.4 Å². The molecule has 0 atom stereocenters. The third-order valence-electron chi connectivity index (χ3n) is 1.90. The number of aromatic carboxylic acids is 1. The number of carbonyl (C=O) groups excluding carboxylic acids is 1. The second-order valence-corrected chi connectivity index (χ2v) is 5.59. The third kappa shape index (κ3) is 4.61. The van der Waals surface area contributed by atoms with Crippen molar-refractivity contribution in [1.82, 2.24) is 0 Å². The van der Waals surface area contributed by atoms with E-state index in [1.165, 1.54) is 12.1 Å². The number of carbonyl (C=O) groups is 2. The van der Waals surface area contributed by atoms with Crippen LogP contribution in [0.5, 0.6) is 0 Å². The Balaban J connectivity index is 3.07. The second kappa shape index (κ2) is 5.67. The zero-order valence-electron chi connectivity index (χ0n) is 10.6. The summed E-state index contributed by atoms with van der Waals surface area (Å²) in [5.41, 5.74) is -0.952. The predicted molar refractivity (Wildman–Crippen MR) is 73.3 cm³/mol. The van der Waals surface area contributed by atoms with Gasteiger partial charge in [0.1, 0.15) is 11.2 Å². The number of amides is 1. The first-order chi connectivity index (χ1) is 8.60. The second-order valence-electron chi connectivity index (χ2n) is 4.74. The number of nitrogens with one attached hydrogen (secondary N) is 1. The van der Waals surface area contributed by atoms with Crippen molar-refractivity contribution in [1.29, 1.82) is 0 Å². The highest BCUT2D eigenvalue weighted by molar-refractivity contribution is 6.37. The molecule has 0 saturated carbocycles. The SMILES string of the molecule is CC(C)(C)OC(=O)Nc1cc(Cl)cc(Cl)c1[14C](=O)O. The van der Waals surface area contributed by atoms with Gasteiger partial charge in [0.05, 0.1) is 10.7 Å². The van der Waals surface area contributed by atoms with Crippen LogP contribution in [0, 0.1) is 0 Å². The van der Waals surface area contributed by atoms with Gasteiger partial charge in [-0.1, -0.05) is 23.2 Å². The summed E-state index contributed by atoms with van der Waals surface area (Å²) < 4.78 is 5.03. The molecular weight excluding hydrogens is 295 g/mol. The van der Waals surface area contributed by atoms with E-state index in [1.54, 1.807) is 20.8 Å². The van der Waals surface area contributed by atoms with Gasteiger partial charge in [-0.15, -0.1) is 0 Å². The van der Waals surface area contributed by atoms with Crippen molar-refractivity contribution >= 4 is 41.0 Å². The summed E-state index contributed by atoms with van der Waals surface area (Å²) in [4.78, 5) is 22.7. The van der Waals surface area contributed by atoms with Crippen LogP contribution in [0.1, 0.15) is 31.1 Å². The molecule has 0 aliphatic carbocycles. The number of hydrogen-bond donors (Lipinski definition) is 2. The van der Waals surface area contributed by atoms with Gasteiger partial charge in [-0.2, -0.15) is 0 Å². The van der Waals surface area contributed by atoms with E-state index in [4.69, 9.17) is 33.0 Å². The minimum absolute atomic E-state index is 0.0146. The van der Waals surface area contributed by atoms with Crippen LogP contribution in [-0.4, -0.2) is 22.8 Å². The van der Waals surface area contributed by atoms with Crippen LogP contribution < -0.4 is 5.32 Å². The molecule has 2 N–H and O–H groups in total. The Kier molecular flexibility index (Phi) is 4.66. The molecule has 0 unspecified atom stereocenters. The molecular formula is C12H13Cl2NO4. The highest BCUT2D eigenvalue weighted by Gasteiger charge is 2.21. The lowest BCUT2D eigenvalue weighted by molar-refractivity contribution is 0.0636. The Morgan fingerprint density at radius 1 is 1.37 bits per heavy atom. The molecule has 19 heavy (non-hydrogen) atoms. The van der Waals surface area contributed by atoms with Gasteiger partial charge in [0, 0.05) is 5.02 Å². The first kappa shape index (κ1) is 15.6. The van der Waals surface area contributed by atoms with Crippen molar-refractivity contribution in [3.8, 4) is 0 Å². The molecule has 0 heterocycles. The van der Waals surface area contributed by atoms with Gasteiger partial charge in [-0.25, -0.2) is 9.59 Å². The number of benzene rings is 1. The quantitative estimate of drug-likeness (QED) is 0.864. The van der Waals surface area contributed by atoms with Crippen LogP contribution in [-0.2, 0) is 4.74 Å². The lowest BCUT2D eigenvalue weighted by Gasteiger charge is -2.20. The van der Waals surface area contributed by atoms with Crippen LogP contribution in [0.2, 0.25) is 10.0 Å². The standard InChI is InChI=1S/C12H13Cl2NO4/c1-12(2,3)19-11(18)15-8-5-6(13)4-7(14)9(8)10(16)17/h4-5H,1-3H3,(H,15,18)(H,16,17)/i10+2. The van der Waals surface area contributed by atoms with E-state index >= 15 is 0 Å². The van der Waals surface area contributed by atoms with Crippen LogP contribution in [0.25, 0.3) is 0 Å². The monoisotopic (exact) mass is 307 g/mol. The maximum atomic E-state index is 11.6. The molecule has 0 aliphatic rings. The zero-order chi connectivity index (χ0) is 14.8. The normalized spacial score (nSPS) is 11.0. The smallest absolute Gasteiger partial charge is 0.412 e. The largest absolute Gasteiger partial charge is 0.478 e. The molecule has 104 valence electrons. The molecule has 0 bridgehead atoms. The van der Waals surface area contributed by atoms with Gasteiger partial charge in [0.25, 0.3) is 0 Å². The van der Waals surface area contributed by atoms with E-state index in [2.05, 4.69) is 5.32 Å². The minimum Gasteiger partial charge on any atom is -0.478 e. The Morgan fingerprint density at radius 3 is 2.42 bits per heavy atom. The van der Waals surface area contributed by atoms with Gasteiger partial charge < -0.3 is 9.84 Å². The molecule has 0 aliphatic heterocycles. The summed E-state index contributed by atoms with van der Waals surface area (Å²) in [7, 11) is 0. The minimum atomic E-state index is -1.27. The molecule has 7 heteroatoms. The Labute approximate surface area is 120 Å². The predicted octanol–water partition coefficient (Wildman–Crippen LogP) is 4.04. The van der Waals surface area contributed by atoms with Gasteiger partial charge in [-0.3, -0.25) is 5.32 Å². The zero-order valence-corrected chi connectivity index (χ0v) is 12.1. The molecule has 1 rings (SSSR count). The average Bonchev–Trinajstić information content (AvgIpc) is 2.10. The first-order valence-electron chi connectivity index (χ1n) is 5.32. The summed E-state index contributed by atoms with van der Waals surface area (Å²) in [6.45, 7) is 5.07. The molecule has 0 aromatic heterocycles. The molecule has 1 aromatic rings. The Bertz CT molecular complexity index is 523. The topological polar surface area (TPSA) is 75.6 Å². The maximum Gasteiger partial charge on any atom is 0.412 e. The number of anilines is 1. The molecule has 1 amide bonds. The molecule has 0 saturated heterocycles. The Hall–Kier alpha value is -1.46. The van der Waals surface area contributed by atoms with Crippen LogP contribution in [0.3, 0.4) is 0 Å². The highest BCUT2D eigenvalue weighted by Crippen LogP contribution is 2.29. The van der Waals surface area contributed by atoms with E-state index in [0.29, 0.717) is 0 Å². The molecule has 5 nitrogen and oxygen atoms in total. The number of halogens is 2. The van der Waals surface area contributed by atoms with Crippen molar-refractivity contribution in [3.63, 3.8) is 0 Å². The maximum absolute atomic E-state index is 11.6. The average molecular weight is 308 g/mol. The molecule has 0 radical (unpaired) electrons. The lowest BCUT2D eigenvalue weighted by Crippen LogP contribution is -2.27. The van der Waals surface area contributed by atoms with E-state index in [1.807, 2.05) is 0 Å². The van der Waals surface area contributed by atoms with Gasteiger partial charge in [0.15, 0.2) is 0 Å². The third-order valence-corrected chi connectivity index (χ3v) is 2.42. The summed E-state index contributed by atoms with van der Waals surface area (Å²) >= 11 is 11.6. The van der Waals surface area contributed by atoms with Crippen molar-refractivity contribution < 1.29 is 19.4 Å². The van der Waals surface area contributed by atoms with Crippen LogP contribution in [0.15, 0.2) is 12.1 Å².